The van der Waals surface area contributed by atoms with Crippen LogP contribution in [0.25, 0.3) is 6.08 Å². The summed E-state index contributed by atoms with van der Waals surface area (Å²) in [6.45, 7) is 0. The van der Waals surface area contributed by atoms with Gasteiger partial charge in [0.25, 0.3) is 0 Å². The van der Waals surface area contributed by atoms with Crippen molar-refractivity contribution in [1.29, 1.82) is 0 Å². The first-order valence-corrected chi connectivity index (χ1v) is 7.37. The first-order valence-electron chi connectivity index (χ1n) is 7.37. The number of nitrogens with zero attached hydrogens (tertiary/aromatic N) is 2. The summed E-state index contributed by atoms with van der Waals surface area (Å²) in [6.07, 6.45) is 9.65. The van der Waals surface area contributed by atoms with Gasteiger partial charge in [0.15, 0.2) is 5.75 Å². The van der Waals surface area contributed by atoms with Crippen molar-refractivity contribution in [1.82, 2.24) is 9.97 Å². The van der Waals surface area contributed by atoms with Crippen molar-refractivity contribution in [3.63, 3.8) is 0 Å². The van der Waals surface area contributed by atoms with Crippen LogP contribution in [0, 0.1) is 0 Å². The number of pyridine rings is 2. The van der Waals surface area contributed by atoms with Gasteiger partial charge in [0.1, 0.15) is 11.4 Å². The number of hydrogen-bond donors (Lipinski definition) is 1. The largest absolute Gasteiger partial charge is 0.455 e. The van der Waals surface area contributed by atoms with Crippen LogP contribution in [0.15, 0.2) is 79.4 Å². The lowest BCUT2D eigenvalue weighted by molar-refractivity contribution is -0.111. The van der Waals surface area contributed by atoms with Gasteiger partial charge in [-0.05, 0) is 29.8 Å². The zero-order chi connectivity index (χ0) is 16.6. The molecular weight excluding hydrogens is 302 g/mol. The summed E-state index contributed by atoms with van der Waals surface area (Å²) >= 11 is 0. The van der Waals surface area contributed by atoms with Gasteiger partial charge in [0.2, 0.25) is 5.91 Å². The van der Waals surface area contributed by atoms with Crippen LogP contribution < -0.4 is 10.1 Å². The average Bonchev–Trinajstić information content (AvgIpc) is 2.63. The molecule has 0 radical (unpaired) electrons. The zero-order valence-electron chi connectivity index (χ0n) is 12.8. The molecule has 24 heavy (non-hydrogen) atoms. The Hall–Kier alpha value is -3.47. The topological polar surface area (TPSA) is 64.1 Å². The number of carbonyl (C=O) groups is 1. The molecule has 0 saturated carbocycles. The number of anilines is 1. The van der Waals surface area contributed by atoms with E-state index >= 15 is 0 Å². The minimum atomic E-state index is -0.273. The lowest BCUT2D eigenvalue weighted by Crippen LogP contribution is -2.09. The molecule has 2 aromatic heterocycles. The first kappa shape index (κ1) is 15.4. The maximum atomic E-state index is 12.1. The highest BCUT2D eigenvalue weighted by molar-refractivity contribution is 6.02. The molecule has 0 bridgehead atoms. The van der Waals surface area contributed by atoms with Crippen molar-refractivity contribution in [3.8, 4) is 11.5 Å². The Morgan fingerprint density at radius 2 is 1.79 bits per heavy atom. The Morgan fingerprint density at radius 1 is 0.958 bits per heavy atom. The molecule has 3 rings (SSSR count). The fraction of sp³-hybridized carbons (Fsp3) is 0. The van der Waals surface area contributed by atoms with Gasteiger partial charge in [0.05, 0.1) is 6.20 Å². The second-order valence-electron chi connectivity index (χ2n) is 4.90. The summed E-state index contributed by atoms with van der Waals surface area (Å²) in [4.78, 5) is 20.1. The third-order valence-electron chi connectivity index (χ3n) is 3.12. The van der Waals surface area contributed by atoms with Gasteiger partial charge >= 0.3 is 0 Å². The molecule has 3 aromatic rings. The molecule has 118 valence electrons. The number of aromatic nitrogens is 2. The molecule has 0 spiro atoms. The number of nitrogens with one attached hydrogen (secondary N) is 1. The van der Waals surface area contributed by atoms with Gasteiger partial charge in [-0.2, -0.15) is 0 Å². The second kappa shape index (κ2) is 7.69. The predicted molar refractivity (Wildman–Crippen MR) is 92.7 cm³/mol. The van der Waals surface area contributed by atoms with E-state index in [0.717, 1.165) is 5.56 Å². The van der Waals surface area contributed by atoms with Crippen LogP contribution in [0.1, 0.15) is 5.56 Å². The van der Waals surface area contributed by atoms with Crippen LogP contribution >= 0.6 is 0 Å². The molecule has 0 aliphatic heterocycles. The SMILES string of the molecule is O=C(C=Cc1cccnc1)Nc1cnccc1Oc1ccccc1. The number of amides is 1. The number of carbonyl (C=O) groups excluding carboxylic acids is 1. The van der Waals surface area contributed by atoms with Crippen molar-refractivity contribution in [2.75, 3.05) is 5.32 Å². The highest BCUT2D eigenvalue weighted by Gasteiger charge is 2.07. The van der Waals surface area contributed by atoms with E-state index in [1.165, 1.54) is 6.08 Å². The van der Waals surface area contributed by atoms with Crippen molar-refractivity contribution < 1.29 is 9.53 Å². The summed E-state index contributed by atoms with van der Waals surface area (Å²) in [6, 6.07) is 14.7. The summed E-state index contributed by atoms with van der Waals surface area (Å²) in [5, 5.41) is 2.77. The minimum Gasteiger partial charge on any atom is -0.455 e. The molecule has 1 N–H and O–H groups in total. The molecule has 5 heteroatoms. The number of para-hydroxylation sites is 1. The van der Waals surface area contributed by atoms with Crippen LogP contribution in [-0.4, -0.2) is 15.9 Å². The van der Waals surface area contributed by atoms with Crippen molar-refractivity contribution in [3.05, 3.63) is 85.0 Å². The molecule has 1 aromatic carbocycles. The molecule has 0 fully saturated rings. The summed E-state index contributed by atoms with van der Waals surface area (Å²) in [7, 11) is 0. The van der Waals surface area contributed by atoms with E-state index in [1.54, 1.807) is 36.9 Å². The number of hydrogen-bond acceptors (Lipinski definition) is 4. The molecule has 5 nitrogen and oxygen atoms in total. The van der Waals surface area contributed by atoms with E-state index in [9.17, 15) is 4.79 Å². The van der Waals surface area contributed by atoms with Crippen LogP contribution in [0.4, 0.5) is 5.69 Å². The van der Waals surface area contributed by atoms with E-state index in [4.69, 9.17) is 4.74 Å². The van der Waals surface area contributed by atoms with Crippen LogP contribution in [0.2, 0.25) is 0 Å². The molecule has 0 aliphatic rings. The Kier molecular flexibility index (Phi) is 4.94. The van der Waals surface area contributed by atoms with Crippen LogP contribution in [0.5, 0.6) is 11.5 Å². The molecule has 0 saturated heterocycles. The van der Waals surface area contributed by atoms with E-state index in [1.807, 2.05) is 42.5 Å². The van der Waals surface area contributed by atoms with E-state index in [-0.39, 0.29) is 5.91 Å². The van der Waals surface area contributed by atoms with E-state index in [2.05, 4.69) is 15.3 Å². The number of benzene rings is 1. The lowest BCUT2D eigenvalue weighted by Gasteiger charge is -2.10. The lowest BCUT2D eigenvalue weighted by atomic mass is 10.2. The second-order valence-corrected chi connectivity index (χ2v) is 4.90. The summed E-state index contributed by atoms with van der Waals surface area (Å²) < 4.78 is 5.78. The van der Waals surface area contributed by atoms with Gasteiger partial charge in [-0.15, -0.1) is 0 Å². The molecular formula is C19H15N3O2. The fourth-order valence-electron chi connectivity index (χ4n) is 2.00. The molecule has 0 unspecified atom stereocenters. The van der Waals surface area contributed by atoms with Crippen molar-refractivity contribution >= 4 is 17.7 Å². The normalized spacial score (nSPS) is 10.5. The quantitative estimate of drug-likeness (QED) is 0.724. The Balaban J connectivity index is 1.71. The Labute approximate surface area is 139 Å². The molecule has 0 aliphatic carbocycles. The van der Waals surface area contributed by atoms with Gasteiger partial charge in [-0.3, -0.25) is 14.8 Å². The number of ether oxygens (including phenoxy) is 1. The Bertz CT molecular complexity index is 834. The van der Waals surface area contributed by atoms with Crippen molar-refractivity contribution in [2.45, 2.75) is 0 Å². The van der Waals surface area contributed by atoms with Gasteiger partial charge in [0, 0.05) is 30.7 Å². The maximum absolute atomic E-state index is 12.1. The third-order valence-corrected chi connectivity index (χ3v) is 3.12. The standard InChI is InChI=1S/C19H15N3O2/c23-19(9-8-15-5-4-11-20-13-15)22-17-14-21-12-10-18(17)24-16-6-2-1-3-7-16/h1-14H,(H,22,23). The van der Waals surface area contributed by atoms with Crippen LogP contribution in [-0.2, 0) is 4.79 Å². The highest BCUT2D eigenvalue weighted by Crippen LogP contribution is 2.28. The monoisotopic (exact) mass is 317 g/mol. The molecule has 0 atom stereocenters. The molecule has 2 heterocycles. The maximum Gasteiger partial charge on any atom is 0.248 e. The molecule has 1 amide bonds. The van der Waals surface area contributed by atoms with E-state index in [0.29, 0.717) is 17.2 Å². The highest BCUT2D eigenvalue weighted by atomic mass is 16.5. The average molecular weight is 317 g/mol. The summed E-state index contributed by atoms with van der Waals surface area (Å²) in [5.74, 6) is 0.939. The zero-order valence-corrected chi connectivity index (χ0v) is 12.8. The van der Waals surface area contributed by atoms with Gasteiger partial charge in [-0.1, -0.05) is 24.3 Å². The van der Waals surface area contributed by atoms with Crippen LogP contribution in [0.3, 0.4) is 0 Å². The van der Waals surface area contributed by atoms with Gasteiger partial charge < -0.3 is 10.1 Å². The smallest absolute Gasteiger partial charge is 0.248 e. The fourth-order valence-corrected chi connectivity index (χ4v) is 2.00. The van der Waals surface area contributed by atoms with Crippen molar-refractivity contribution in [2.24, 2.45) is 0 Å². The summed E-state index contributed by atoms with van der Waals surface area (Å²) in [5.41, 5.74) is 1.35. The first-order chi connectivity index (χ1) is 11.8. The Morgan fingerprint density at radius 3 is 2.58 bits per heavy atom. The van der Waals surface area contributed by atoms with E-state index < -0.39 is 0 Å². The number of rotatable bonds is 5. The van der Waals surface area contributed by atoms with Gasteiger partial charge in [-0.25, -0.2) is 0 Å². The minimum absolute atomic E-state index is 0.273. The third kappa shape index (κ3) is 4.27. The predicted octanol–water partition coefficient (Wildman–Crippen LogP) is 3.92.